The van der Waals surface area contributed by atoms with Crippen LogP contribution >= 0.6 is 11.8 Å². The van der Waals surface area contributed by atoms with Gasteiger partial charge < -0.3 is 5.11 Å². The van der Waals surface area contributed by atoms with Gasteiger partial charge in [-0.1, -0.05) is 6.07 Å². The smallest absolute Gasteiger partial charge is 0.304 e. The number of amides is 2. The van der Waals surface area contributed by atoms with Crippen LogP contribution in [0.15, 0.2) is 24.3 Å². The summed E-state index contributed by atoms with van der Waals surface area (Å²) in [4.78, 5) is 35.4. The highest BCUT2D eigenvalue weighted by Gasteiger charge is 2.39. The van der Waals surface area contributed by atoms with Crippen molar-refractivity contribution >= 4 is 35.2 Å². The second-order valence-electron chi connectivity index (χ2n) is 4.25. The van der Waals surface area contributed by atoms with Crippen LogP contribution in [0, 0.1) is 5.82 Å². The largest absolute Gasteiger partial charge is 0.481 e. The van der Waals surface area contributed by atoms with E-state index in [1.54, 1.807) is 0 Å². The minimum absolute atomic E-state index is 0.0135. The third kappa shape index (κ3) is 3.16. The zero-order valence-electron chi connectivity index (χ0n) is 10.4. The number of carboxylic acid groups (broad SMARTS) is 1. The van der Waals surface area contributed by atoms with Crippen molar-refractivity contribution in [2.24, 2.45) is 0 Å². The van der Waals surface area contributed by atoms with Crippen molar-refractivity contribution < 1.29 is 23.9 Å². The molecule has 1 aliphatic heterocycles. The van der Waals surface area contributed by atoms with Gasteiger partial charge in [-0.25, -0.2) is 9.29 Å². The lowest BCUT2D eigenvalue weighted by molar-refractivity contribution is -0.136. The molecule has 0 spiro atoms. The van der Waals surface area contributed by atoms with Crippen molar-refractivity contribution in [1.82, 2.24) is 0 Å². The Morgan fingerprint density at radius 2 is 2.20 bits per heavy atom. The Bertz CT molecular complexity index is 563. The lowest BCUT2D eigenvalue weighted by atomic mass is 10.3. The van der Waals surface area contributed by atoms with E-state index in [4.69, 9.17) is 5.11 Å². The molecule has 1 saturated heterocycles. The number of carbonyl (C=O) groups is 3. The van der Waals surface area contributed by atoms with Gasteiger partial charge in [-0.05, 0) is 18.2 Å². The minimum atomic E-state index is -0.948. The van der Waals surface area contributed by atoms with Crippen LogP contribution in [0.1, 0.15) is 12.8 Å². The Kier molecular flexibility index (Phi) is 4.39. The third-order valence-corrected chi connectivity index (χ3v) is 4.02. The molecule has 0 aromatic heterocycles. The molecular formula is C13H12FNO4S. The Morgan fingerprint density at radius 3 is 2.85 bits per heavy atom. The summed E-state index contributed by atoms with van der Waals surface area (Å²) in [6.07, 6.45) is -0.0533. The van der Waals surface area contributed by atoms with Crippen LogP contribution in [-0.2, 0) is 14.4 Å². The van der Waals surface area contributed by atoms with E-state index in [0.717, 1.165) is 22.7 Å². The molecule has 1 atom stereocenters. The highest BCUT2D eigenvalue weighted by atomic mass is 32.2. The summed E-state index contributed by atoms with van der Waals surface area (Å²) in [5.41, 5.74) is 0.210. The van der Waals surface area contributed by atoms with E-state index < -0.39 is 28.9 Å². The molecule has 106 valence electrons. The topological polar surface area (TPSA) is 74.7 Å². The van der Waals surface area contributed by atoms with E-state index in [1.807, 2.05) is 0 Å². The molecule has 1 aromatic carbocycles. The third-order valence-electron chi connectivity index (χ3n) is 2.81. The number of thioether (sulfide) groups is 1. The summed E-state index contributed by atoms with van der Waals surface area (Å²) in [6.45, 7) is 0. The van der Waals surface area contributed by atoms with Crippen molar-refractivity contribution in [1.29, 1.82) is 0 Å². The second-order valence-corrected chi connectivity index (χ2v) is 5.57. The van der Waals surface area contributed by atoms with Crippen LogP contribution in [0.3, 0.4) is 0 Å². The van der Waals surface area contributed by atoms with Crippen LogP contribution in [0.25, 0.3) is 0 Å². The number of rotatable bonds is 5. The Labute approximate surface area is 118 Å². The molecule has 1 N–H and O–H groups in total. The van der Waals surface area contributed by atoms with Crippen LogP contribution in [0.5, 0.6) is 0 Å². The number of carbonyl (C=O) groups excluding carboxylic acids is 2. The van der Waals surface area contributed by atoms with E-state index in [2.05, 4.69) is 0 Å². The molecule has 1 aliphatic rings. The van der Waals surface area contributed by atoms with E-state index in [0.29, 0.717) is 0 Å². The Hall–Kier alpha value is -1.89. The number of imide groups is 1. The zero-order chi connectivity index (χ0) is 14.7. The van der Waals surface area contributed by atoms with Crippen LogP contribution < -0.4 is 4.90 Å². The highest BCUT2D eigenvalue weighted by Crippen LogP contribution is 2.30. The summed E-state index contributed by atoms with van der Waals surface area (Å²) in [6, 6.07) is 5.27. The number of hydrogen-bond donors (Lipinski definition) is 1. The van der Waals surface area contributed by atoms with Crippen molar-refractivity contribution in [3.05, 3.63) is 30.1 Å². The molecule has 0 aliphatic carbocycles. The fourth-order valence-corrected chi connectivity index (χ4v) is 2.99. The fourth-order valence-electron chi connectivity index (χ4n) is 1.91. The highest BCUT2D eigenvalue weighted by molar-refractivity contribution is 8.00. The quantitative estimate of drug-likeness (QED) is 0.837. The van der Waals surface area contributed by atoms with Gasteiger partial charge in [0.1, 0.15) is 5.82 Å². The first-order valence-corrected chi connectivity index (χ1v) is 6.99. The van der Waals surface area contributed by atoms with Crippen molar-refractivity contribution in [2.75, 3.05) is 10.7 Å². The van der Waals surface area contributed by atoms with Gasteiger partial charge in [0.25, 0.3) is 0 Å². The monoisotopic (exact) mass is 297 g/mol. The van der Waals surface area contributed by atoms with Gasteiger partial charge in [0.15, 0.2) is 0 Å². The van der Waals surface area contributed by atoms with Crippen molar-refractivity contribution in [3.63, 3.8) is 0 Å². The maximum atomic E-state index is 13.1. The molecule has 1 aromatic rings. The van der Waals surface area contributed by atoms with Gasteiger partial charge >= 0.3 is 5.97 Å². The van der Waals surface area contributed by atoms with Crippen LogP contribution in [0.4, 0.5) is 10.1 Å². The molecule has 5 nitrogen and oxygen atoms in total. The lowest BCUT2D eigenvalue weighted by Gasteiger charge is -2.14. The molecular weight excluding hydrogens is 285 g/mol. The van der Waals surface area contributed by atoms with Crippen LogP contribution in [-0.4, -0.2) is 33.9 Å². The number of halogens is 1. The van der Waals surface area contributed by atoms with Gasteiger partial charge in [0.2, 0.25) is 11.8 Å². The van der Waals surface area contributed by atoms with Gasteiger partial charge in [-0.2, -0.15) is 0 Å². The van der Waals surface area contributed by atoms with Crippen molar-refractivity contribution in [2.45, 2.75) is 18.1 Å². The van der Waals surface area contributed by atoms with Crippen LogP contribution in [0.2, 0.25) is 0 Å². The molecule has 20 heavy (non-hydrogen) atoms. The predicted octanol–water partition coefficient (Wildman–Crippen LogP) is 1.67. The number of anilines is 1. The van der Waals surface area contributed by atoms with E-state index in [9.17, 15) is 18.8 Å². The second kappa shape index (κ2) is 6.04. The maximum absolute atomic E-state index is 13.1. The molecule has 2 rings (SSSR count). The molecule has 1 fully saturated rings. The SMILES string of the molecule is O=C(O)CCSC1CC(=O)N(c2cccc(F)c2)C1=O. The van der Waals surface area contributed by atoms with Gasteiger partial charge in [-0.15, -0.1) is 11.8 Å². The number of benzene rings is 1. The molecule has 0 bridgehead atoms. The number of hydrogen-bond acceptors (Lipinski definition) is 4. The van der Waals surface area contributed by atoms with Crippen molar-refractivity contribution in [3.8, 4) is 0 Å². The number of aliphatic carboxylic acids is 1. The Balaban J connectivity index is 2.07. The normalized spacial score (nSPS) is 18.6. The molecule has 1 unspecified atom stereocenters. The predicted molar refractivity (Wildman–Crippen MR) is 72.0 cm³/mol. The summed E-state index contributed by atoms with van der Waals surface area (Å²) >= 11 is 1.14. The fraction of sp³-hybridized carbons (Fsp3) is 0.308. The molecule has 0 saturated carbocycles. The molecule has 1 heterocycles. The summed E-state index contributed by atoms with van der Waals surface area (Å²) in [5, 5.41) is 7.96. The summed E-state index contributed by atoms with van der Waals surface area (Å²) in [5.74, 6) is -2.03. The standard InChI is InChI=1S/C13H12FNO4S/c14-8-2-1-3-9(6-8)15-11(16)7-10(13(15)19)20-5-4-12(17)18/h1-3,6,10H,4-5,7H2,(H,17,18). The maximum Gasteiger partial charge on any atom is 0.304 e. The van der Waals surface area contributed by atoms with Gasteiger partial charge in [0.05, 0.1) is 17.4 Å². The molecule has 0 radical (unpaired) electrons. The lowest BCUT2D eigenvalue weighted by Crippen LogP contribution is -2.31. The molecule has 7 heteroatoms. The van der Waals surface area contributed by atoms with Gasteiger partial charge in [-0.3, -0.25) is 14.4 Å². The minimum Gasteiger partial charge on any atom is -0.481 e. The summed E-state index contributed by atoms with van der Waals surface area (Å²) < 4.78 is 13.1. The average molecular weight is 297 g/mol. The van der Waals surface area contributed by atoms with E-state index >= 15 is 0 Å². The number of carboxylic acids is 1. The zero-order valence-corrected chi connectivity index (χ0v) is 11.2. The van der Waals surface area contributed by atoms with E-state index in [-0.39, 0.29) is 24.3 Å². The average Bonchev–Trinajstić information content (AvgIpc) is 2.64. The van der Waals surface area contributed by atoms with E-state index in [1.165, 1.54) is 18.2 Å². The Morgan fingerprint density at radius 1 is 1.45 bits per heavy atom. The molecule has 2 amide bonds. The first-order valence-electron chi connectivity index (χ1n) is 5.95. The first kappa shape index (κ1) is 14.5. The number of nitrogens with zero attached hydrogens (tertiary/aromatic N) is 1. The summed E-state index contributed by atoms with van der Waals surface area (Å²) in [7, 11) is 0. The van der Waals surface area contributed by atoms with Gasteiger partial charge in [0, 0.05) is 12.2 Å². The first-order chi connectivity index (χ1) is 9.49.